The van der Waals surface area contributed by atoms with Crippen LogP contribution in [0, 0.1) is 6.92 Å². The molecule has 2 aromatic carbocycles. The van der Waals surface area contributed by atoms with Crippen LogP contribution in [0.4, 0.5) is 0 Å². The number of hydrogen-bond donors (Lipinski definition) is 0. The lowest BCUT2D eigenvalue weighted by molar-refractivity contribution is -0.662. The van der Waals surface area contributed by atoms with Gasteiger partial charge in [0.25, 0.3) is 6.33 Å². The Bertz CT molecular complexity index is 972. The molecule has 0 fully saturated rings. The molecular weight excluding hydrogens is 262 g/mol. The number of rotatable bonds is 1. The Morgan fingerprint density at radius 1 is 1.05 bits per heavy atom. The van der Waals surface area contributed by atoms with Crippen molar-refractivity contribution in [3.05, 3.63) is 54.7 Å². The fourth-order valence-corrected chi connectivity index (χ4v) is 2.85. The van der Waals surface area contributed by atoms with E-state index >= 15 is 0 Å². The summed E-state index contributed by atoms with van der Waals surface area (Å²) in [7, 11) is 1.97. The molecule has 4 nitrogen and oxygen atoms in total. The van der Waals surface area contributed by atoms with Crippen LogP contribution in [-0.2, 0) is 7.05 Å². The average molecular weight is 276 g/mol. The third-order valence-electron chi connectivity index (χ3n) is 3.92. The van der Waals surface area contributed by atoms with Gasteiger partial charge in [0.1, 0.15) is 0 Å². The van der Waals surface area contributed by atoms with E-state index in [0.29, 0.717) is 5.65 Å². The number of fused-ring (bicyclic) bond motifs is 2. The molecule has 0 bridgehead atoms. The zero-order valence-electron chi connectivity index (χ0n) is 11.9. The van der Waals surface area contributed by atoms with E-state index in [1.165, 1.54) is 22.7 Å². The minimum absolute atomic E-state index is 0.635. The van der Waals surface area contributed by atoms with Crippen LogP contribution >= 0.6 is 0 Å². The topological polar surface area (TPSA) is 42.8 Å². The second-order valence-electron chi connectivity index (χ2n) is 5.17. The van der Waals surface area contributed by atoms with Crippen LogP contribution in [0.25, 0.3) is 33.3 Å². The highest BCUT2D eigenvalue weighted by molar-refractivity contribution is 5.94. The van der Waals surface area contributed by atoms with E-state index in [2.05, 4.69) is 53.3 Å². The van der Waals surface area contributed by atoms with Gasteiger partial charge in [-0.3, -0.25) is 0 Å². The summed E-state index contributed by atoms with van der Waals surface area (Å²) in [6, 6.07) is 12.7. The molecule has 102 valence electrons. The largest absolute Gasteiger partial charge is 0.435 e. The van der Waals surface area contributed by atoms with Gasteiger partial charge in [0.15, 0.2) is 12.1 Å². The quantitative estimate of drug-likeness (QED) is 0.501. The molecule has 0 saturated heterocycles. The number of aryl methyl sites for hydroxylation is 2. The van der Waals surface area contributed by atoms with Crippen molar-refractivity contribution in [1.82, 2.24) is 9.97 Å². The van der Waals surface area contributed by atoms with E-state index in [0.717, 1.165) is 16.8 Å². The minimum atomic E-state index is 0.635. The molecule has 0 aliphatic heterocycles. The van der Waals surface area contributed by atoms with Crippen molar-refractivity contribution in [2.75, 3.05) is 0 Å². The standard InChI is InChI=1S/C17H14N3O/c1-11-13-6-4-3-5-12(13)7-8-14(11)15-16-17(19-10-21-16)18-9-20(15)2/h3-10H,1-2H3/q+1. The molecule has 0 N–H and O–H groups in total. The fourth-order valence-electron chi connectivity index (χ4n) is 2.85. The third-order valence-corrected chi connectivity index (χ3v) is 3.92. The van der Waals surface area contributed by atoms with Gasteiger partial charge < -0.3 is 4.42 Å². The van der Waals surface area contributed by atoms with Crippen molar-refractivity contribution in [3.8, 4) is 11.3 Å². The number of aromatic nitrogens is 3. The predicted octanol–water partition coefficient (Wildman–Crippen LogP) is 3.18. The van der Waals surface area contributed by atoms with E-state index in [1.807, 2.05) is 11.6 Å². The Kier molecular flexibility index (Phi) is 2.51. The zero-order valence-corrected chi connectivity index (χ0v) is 11.9. The highest BCUT2D eigenvalue weighted by Gasteiger charge is 2.20. The zero-order chi connectivity index (χ0) is 14.4. The van der Waals surface area contributed by atoms with Gasteiger partial charge in [-0.25, -0.2) is 4.57 Å². The van der Waals surface area contributed by atoms with E-state index in [1.54, 1.807) is 6.33 Å². The Balaban J connectivity index is 2.11. The van der Waals surface area contributed by atoms with Gasteiger partial charge in [-0.05, 0) is 34.3 Å². The average Bonchev–Trinajstić information content (AvgIpc) is 2.97. The van der Waals surface area contributed by atoms with E-state index in [9.17, 15) is 0 Å². The smallest absolute Gasteiger partial charge is 0.316 e. The molecule has 2 aromatic heterocycles. The Hall–Kier alpha value is -2.75. The van der Waals surface area contributed by atoms with Crippen LogP contribution in [0.1, 0.15) is 5.56 Å². The number of oxazole rings is 1. The first kappa shape index (κ1) is 12.0. The lowest BCUT2D eigenvalue weighted by Gasteiger charge is -2.09. The summed E-state index contributed by atoms with van der Waals surface area (Å²) in [6.45, 7) is 2.14. The lowest BCUT2D eigenvalue weighted by Crippen LogP contribution is -2.31. The van der Waals surface area contributed by atoms with Gasteiger partial charge >= 0.3 is 5.65 Å². The second kappa shape index (κ2) is 4.38. The molecule has 4 aromatic rings. The van der Waals surface area contributed by atoms with Crippen molar-refractivity contribution in [3.63, 3.8) is 0 Å². The first-order valence-electron chi connectivity index (χ1n) is 6.82. The normalized spacial score (nSPS) is 11.3. The van der Waals surface area contributed by atoms with Gasteiger partial charge in [0.2, 0.25) is 5.58 Å². The summed E-state index contributed by atoms with van der Waals surface area (Å²) in [4.78, 5) is 8.42. The Morgan fingerprint density at radius 3 is 2.81 bits per heavy atom. The summed E-state index contributed by atoms with van der Waals surface area (Å²) >= 11 is 0. The van der Waals surface area contributed by atoms with Crippen LogP contribution in [0.2, 0.25) is 0 Å². The monoisotopic (exact) mass is 276 g/mol. The molecule has 0 unspecified atom stereocenters. The van der Waals surface area contributed by atoms with Crippen LogP contribution in [-0.4, -0.2) is 9.97 Å². The first-order chi connectivity index (χ1) is 10.3. The van der Waals surface area contributed by atoms with Gasteiger partial charge in [-0.15, -0.1) is 0 Å². The van der Waals surface area contributed by atoms with Crippen LogP contribution in [0.5, 0.6) is 0 Å². The molecule has 0 saturated carbocycles. The molecule has 0 spiro atoms. The molecule has 0 atom stereocenters. The van der Waals surface area contributed by atoms with Crippen LogP contribution in [0.3, 0.4) is 0 Å². The fraction of sp³-hybridized carbons (Fsp3) is 0.118. The lowest BCUT2D eigenvalue weighted by atomic mass is 9.97. The predicted molar refractivity (Wildman–Crippen MR) is 80.7 cm³/mol. The second-order valence-corrected chi connectivity index (χ2v) is 5.17. The summed E-state index contributed by atoms with van der Waals surface area (Å²) in [5.41, 5.74) is 4.72. The van der Waals surface area contributed by atoms with Gasteiger partial charge in [0, 0.05) is 5.56 Å². The molecule has 2 heterocycles. The summed E-state index contributed by atoms with van der Waals surface area (Å²) < 4.78 is 7.53. The Morgan fingerprint density at radius 2 is 1.90 bits per heavy atom. The summed E-state index contributed by atoms with van der Waals surface area (Å²) in [5, 5.41) is 2.49. The molecule has 0 aliphatic carbocycles. The van der Waals surface area contributed by atoms with Crippen molar-refractivity contribution >= 4 is 22.0 Å². The van der Waals surface area contributed by atoms with Crippen LogP contribution < -0.4 is 4.57 Å². The molecule has 4 rings (SSSR count). The van der Waals surface area contributed by atoms with E-state index in [4.69, 9.17) is 4.42 Å². The highest BCUT2D eigenvalue weighted by Crippen LogP contribution is 2.31. The van der Waals surface area contributed by atoms with Gasteiger partial charge in [-0.1, -0.05) is 30.3 Å². The molecule has 0 radical (unpaired) electrons. The Labute approximate surface area is 121 Å². The number of benzene rings is 2. The summed E-state index contributed by atoms with van der Waals surface area (Å²) in [5.74, 6) is 0. The maximum atomic E-state index is 5.56. The van der Waals surface area contributed by atoms with E-state index in [-0.39, 0.29) is 0 Å². The van der Waals surface area contributed by atoms with Crippen molar-refractivity contribution < 1.29 is 8.98 Å². The molecule has 0 aliphatic rings. The number of hydrogen-bond acceptors (Lipinski definition) is 3. The molecule has 0 amide bonds. The van der Waals surface area contributed by atoms with E-state index < -0.39 is 0 Å². The maximum absolute atomic E-state index is 5.56. The number of nitrogens with zero attached hydrogens (tertiary/aromatic N) is 3. The maximum Gasteiger partial charge on any atom is 0.316 e. The third kappa shape index (κ3) is 1.72. The molecular formula is C17H14N3O+. The highest BCUT2D eigenvalue weighted by atomic mass is 16.3. The minimum Gasteiger partial charge on any atom is -0.435 e. The van der Waals surface area contributed by atoms with Gasteiger partial charge in [-0.2, -0.15) is 4.98 Å². The van der Waals surface area contributed by atoms with Crippen molar-refractivity contribution in [2.45, 2.75) is 6.92 Å². The molecule has 4 heteroatoms. The van der Waals surface area contributed by atoms with Crippen LogP contribution in [0.15, 0.2) is 53.5 Å². The first-order valence-corrected chi connectivity index (χ1v) is 6.82. The summed E-state index contributed by atoms with van der Waals surface area (Å²) in [6.07, 6.45) is 3.21. The SMILES string of the molecule is Cc1c(-c2c3ocnc3nc[n+]2C)ccc2ccccc12. The van der Waals surface area contributed by atoms with Crippen molar-refractivity contribution in [1.29, 1.82) is 0 Å². The van der Waals surface area contributed by atoms with Gasteiger partial charge in [0.05, 0.1) is 7.05 Å². The van der Waals surface area contributed by atoms with Crippen molar-refractivity contribution in [2.24, 2.45) is 7.05 Å². The molecule has 21 heavy (non-hydrogen) atoms.